The Labute approximate surface area is 174 Å². The van der Waals surface area contributed by atoms with Crippen LogP contribution in [0.3, 0.4) is 0 Å². The zero-order valence-corrected chi connectivity index (χ0v) is 17.2. The van der Waals surface area contributed by atoms with Crippen LogP contribution >= 0.6 is 11.6 Å². The predicted octanol–water partition coefficient (Wildman–Crippen LogP) is 3.26. The van der Waals surface area contributed by atoms with Crippen LogP contribution in [0.4, 0.5) is 17.1 Å². The molecule has 1 heterocycles. The number of carboxylic acids is 1. The third-order valence-corrected chi connectivity index (χ3v) is 5.17. The van der Waals surface area contributed by atoms with E-state index >= 15 is 0 Å². The first kappa shape index (κ1) is 21.0. The zero-order chi connectivity index (χ0) is 21.0. The lowest BCUT2D eigenvalue weighted by atomic mass is 10.1. The van der Waals surface area contributed by atoms with Crippen LogP contribution in [0.5, 0.6) is 0 Å². The minimum atomic E-state index is -1.09. The maximum absolute atomic E-state index is 11.7. The molecule has 29 heavy (non-hydrogen) atoms. The van der Waals surface area contributed by atoms with Crippen molar-refractivity contribution in [3.8, 4) is 0 Å². The molecule has 2 N–H and O–H groups in total. The summed E-state index contributed by atoms with van der Waals surface area (Å²) in [5.74, 6) is -1.49. The molecule has 1 aliphatic heterocycles. The summed E-state index contributed by atoms with van der Waals surface area (Å²) in [6.07, 6.45) is 0. The Morgan fingerprint density at radius 3 is 2.45 bits per heavy atom. The maximum Gasteiger partial charge on any atom is 0.337 e. The second-order valence-electron chi connectivity index (χ2n) is 6.92. The summed E-state index contributed by atoms with van der Waals surface area (Å²) in [5, 5.41) is 12.8. The van der Waals surface area contributed by atoms with Crippen LogP contribution < -0.4 is 15.1 Å². The fraction of sp³-hybridized carbons (Fsp3) is 0.333. The largest absolute Gasteiger partial charge is 0.478 e. The van der Waals surface area contributed by atoms with Crippen molar-refractivity contribution >= 4 is 40.5 Å². The molecule has 0 saturated carbocycles. The number of carbonyl (C=O) groups is 2. The summed E-state index contributed by atoms with van der Waals surface area (Å²) < 4.78 is 4.78. The van der Waals surface area contributed by atoms with Crippen molar-refractivity contribution in [2.45, 2.75) is 6.92 Å². The van der Waals surface area contributed by atoms with E-state index in [0.29, 0.717) is 5.02 Å². The van der Waals surface area contributed by atoms with Crippen LogP contribution in [0.15, 0.2) is 36.4 Å². The van der Waals surface area contributed by atoms with Gasteiger partial charge in [-0.2, -0.15) is 0 Å². The standard InChI is InChI=1S/C21H24ClN3O4/c1-14-3-4-15(22)11-19(14)25-9-7-24(8-10-25)16-5-6-18(17(12-16)21(27)28)23-20(26)13-29-2/h3-6,11-12H,7-10,13H2,1-2H3,(H,23,26)(H,27,28). The number of halogens is 1. The van der Waals surface area contributed by atoms with Crippen molar-refractivity contribution < 1.29 is 19.4 Å². The topological polar surface area (TPSA) is 82.1 Å². The number of anilines is 3. The van der Waals surface area contributed by atoms with Gasteiger partial charge in [-0.05, 0) is 42.8 Å². The first-order chi connectivity index (χ1) is 13.9. The van der Waals surface area contributed by atoms with Gasteiger partial charge in [-0.25, -0.2) is 4.79 Å². The molecule has 0 radical (unpaired) electrons. The number of hydrogen-bond acceptors (Lipinski definition) is 5. The van der Waals surface area contributed by atoms with Crippen molar-refractivity contribution in [1.29, 1.82) is 0 Å². The second kappa shape index (κ2) is 9.15. The molecule has 0 aromatic heterocycles. The quantitative estimate of drug-likeness (QED) is 0.750. The number of aryl methyl sites for hydroxylation is 1. The van der Waals surface area contributed by atoms with Crippen molar-refractivity contribution in [2.24, 2.45) is 0 Å². The molecule has 1 amide bonds. The molecule has 0 atom stereocenters. The van der Waals surface area contributed by atoms with E-state index in [1.54, 1.807) is 12.1 Å². The second-order valence-corrected chi connectivity index (χ2v) is 7.36. The number of piperazine rings is 1. The lowest BCUT2D eigenvalue weighted by Crippen LogP contribution is -2.46. The molecule has 0 unspecified atom stereocenters. The van der Waals surface area contributed by atoms with Crippen molar-refractivity contribution in [1.82, 2.24) is 0 Å². The lowest BCUT2D eigenvalue weighted by Gasteiger charge is -2.38. The fourth-order valence-corrected chi connectivity index (χ4v) is 3.63. The van der Waals surface area contributed by atoms with Crippen molar-refractivity contribution in [3.63, 3.8) is 0 Å². The van der Waals surface area contributed by atoms with E-state index in [9.17, 15) is 14.7 Å². The number of methoxy groups -OCH3 is 1. The number of ether oxygens (including phenoxy) is 1. The van der Waals surface area contributed by atoms with Gasteiger partial charge in [0, 0.05) is 49.7 Å². The SMILES string of the molecule is COCC(=O)Nc1ccc(N2CCN(c3cc(Cl)ccc3C)CC2)cc1C(=O)O. The van der Waals surface area contributed by atoms with E-state index in [-0.39, 0.29) is 17.9 Å². The van der Waals surface area contributed by atoms with Crippen molar-refractivity contribution in [2.75, 3.05) is 55.0 Å². The smallest absolute Gasteiger partial charge is 0.337 e. The molecule has 154 valence electrons. The predicted molar refractivity (Wildman–Crippen MR) is 115 cm³/mol. The number of carboxylic acid groups (broad SMARTS) is 1. The summed E-state index contributed by atoms with van der Waals surface area (Å²) in [7, 11) is 1.41. The van der Waals surface area contributed by atoms with Gasteiger partial charge < -0.3 is 25.0 Å². The monoisotopic (exact) mass is 417 g/mol. The molecule has 3 rings (SSSR count). The van der Waals surface area contributed by atoms with Crippen LogP contribution in [0, 0.1) is 6.92 Å². The summed E-state index contributed by atoms with van der Waals surface area (Å²) in [4.78, 5) is 27.9. The van der Waals surface area contributed by atoms with E-state index in [0.717, 1.165) is 37.6 Å². The maximum atomic E-state index is 11.7. The van der Waals surface area contributed by atoms with Gasteiger partial charge in [0.1, 0.15) is 6.61 Å². The average Bonchev–Trinajstić information content (AvgIpc) is 2.70. The highest BCUT2D eigenvalue weighted by Gasteiger charge is 2.21. The molecular formula is C21H24ClN3O4. The van der Waals surface area contributed by atoms with Crippen LogP contribution in [-0.4, -0.2) is 56.9 Å². The number of hydrogen-bond donors (Lipinski definition) is 2. The molecule has 1 fully saturated rings. The zero-order valence-electron chi connectivity index (χ0n) is 16.4. The molecular weight excluding hydrogens is 394 g/mol. The molecule has 0 spiro atoms. The summed E-state index contributed by atoms with van der Waals surface area (Å²) in [6, 6.07) is 10.9. The molecule has 1 saturated heterocycles. The van der Waals surface area contributed by atoms with Gasteiger partial charge >= 0.3 is 5.97 Å². The van der Waals surface area contributed by atoms with Gasteiger partial charge in [-0.3, -0.25) is 4.79 Å². The van der Waals surface area contributed by atoms with Crippen LogP contribution in [0.1, 0.15) is 15.9 Å². The van der Waals surface area contributed by atoms with E-state index in [1.807, 2.05) is 24.3 Å². The number of nitrogens with zero attached hydrogens (tertiary/aromatic N) is 2. The van der Waals surface area contributed by atoms with Gasteiger partial charge in [0.05, 0.1) is 11.3 Å². The number of benzene rings is 2. The number of rotatable bonds is 6. The average molecular weight is 418 g/mol. The number of amides is 1. The Morgan fingerprint density at radius 2 is 1.79 bits per heavy atom. The van der Waals surface area contributed by atoms with E-state index in [2.05, 4.69) is 22.0 Å². The Kier molecular flexibility index (Phi) is 6.61. The minimum Gasteiger partial charge on any atom is -0.478 e. The number of carbonyl (C=O) groups excluding carboxylic acids is 1. The third kappa shape index (κ3) is 4.99. The minimum absolute atomic E-state index is 0.0556. The highest BCUT2D eigenvalue weighted by molar-refractivity contribution is 6.30. The molecule has 2 aromatic carbocycles. The highest BCUT2D eigenvalue weighted by Crippen LogP contribution is 2.28. The molecule has 7 nitrogen and oxygen atoms in total. The summed E-state index contributed by atoms with van der Waals surface area (Å²) >= 11 is 6.15. The van der Waals surface area contributed by atoms with Gasteiger partial charge in [-0.1, -0.05) is 17.7 Å². The lowest BCUT2D eigenvalue weighted by molar-refractivity contribution is -0.119. The fourth-order valence-electron chi connectivity index (χ4n) is 3.46. The Balaban J connectivity index is 1.73. The van der Waals surface area contributed by atoms with Crippen LogP contribution in [0.2, 0.25) is 5.02 Å². The molecule has 0 aliphatic carbocycles. The van der Waals surface area contributed by atoms with Crippen LogP contribution in [-0.2, 0) is 9.53 Å². The van der Waals surface area contributed by atoms with E-state index in [1.165, 1.54) is 12.7 Å². The first-order valence-corrected chi connectivity index (χ1v) is 9.69. The normalized spacial score (nSPS) is 14.0. The van der Waals surface area contributed by atoms with Gasteiger partial charge in [0.25, 0.3) is 0 Å². The molecule has 2 aromatic rings. The highest BCUT2D eigenvalue weighted by atomic mass is 35.5. The van der Waals surface area contributed by atoms with Gasteiger partial charge in [-0.15, -0.1) is 0 Å². The van der Waals surface area contributed by atoms with Gasteiger partial charge in [0.15, 0.2) is 0 Å². The Hall–Kier alpha value is -2.77. The summed E-state index contributed by atoms with van der Waals surface area (Å²) in [6.45, 7) is 5.03. The van der Waals surface area contributed by atoms with Crippen molar-refractivity contribution in [3.05, 3.63) is 52.5 Å². The molecule has 1 aliphatic rings. The molecule has 8 heteroatoms. The third-order valence-electron chi connectivity index (χ3n) is 4.94. The van der Waals surface area contributed by atoms with E-state index in [4.69, 9.17) is 16.3 Å². The summed E-state index contributed by atoms with van der Waals surface area (Å²) in [5.41, 5.74) is 3.43. The number of aromatic carboxylic acids is 1. The van der Waals surface area contributed by atoms with E-state index < -0.39 is 11.9 Å². The van der Waals surface area contributed by atoms with Gasteiger partial charge in [0.2, 0.25) is 5.91 Å². The molecule has 0 bridgehead atoms. The first-order valence-electron chi connectivity index (χ1n) is 9.31. The Bertz CT molecular complexity index is 911. The Morgan fingerprint density at radius 1 is 1.10 bits per heavy atom. The van der Waals surface area contributed by atoms with Crippen LogP contribution in [0.25, 0.3) is 0 Å². The number of nitrogens with one attached hydrogen (secondary N) is 1.